The maximum Gasteiger partial charge on any atom is 0.261 e. The van der Waals surface area contributed by atoms with Crippen LogP contribution < -0.4 is 24.2 Å². The summed E-state index contributed by atoms with van der Waals surface area (Å²) in [5.41, 5.74) is 1.35. The number of hydrogen-bond donors (Lipinski definition) is 2. The van der Waals surface area contributed by atoms with Crippen molar-refractivity contribution in [2.75, 3.05) is 25.0 Å². The molecule has 33 heavy (non-hydrogen) atoms. The largest absolute Gasteiger partial charge is 0.497 e. The number of benzene rings is 3. The molecule has 0 aliphatic carbocycles. The van der Waals surface area contributed by atoms with E-state index in [9.17, 15) is 13.2 Å². The van der Waals surface area contributed by atoms with Crippen molar-refractivity contribution < 1.29 is 27.4 Å². The fraction of sp³-hybridized carbons (Fsp3) is 0.208. The molecule has 0 unspecified atom stereocenters. The Kier molecular flexibility index (Phi) is 8.15. The van der Waals surface area contributed by atoms with Gasteiger partial charge in [0, 0.05) is 12.2 Å². The van der Waals surface area contributed by atoms with Gasteiger partial charge >= 0.3 is 0 Å². The molecule has 0 saturated heterocycles. The van der Waals surface area contributed by atoms with Gasteiger partial charge in [0.15, 0.2) is 6.61 Å². The van der Waals surface area contributed by atoms with E-state index >= 15 is 0 Å². The second kappa shape index (κ2) is 11.2. The molecule has 0 fully saturated rings. The van der Waals surface area contributed by atoms with Crippen molar-refractivity contribution in [1.29, 1.82) is 0 Å². The van der Waals surface area contributed by atoms with Crippen LogP contribution >= 0.6 is 0 Å². The molecule has 174 valence electrons. The number of rotatable bonds is 11. The lowest BCUT2D eigenvalue weighted by Gasteiger charge is -2.11. The van der Waals surface area contributed by atoms with E-state index in [2.05, 4.69) is 10.0 Å². The van der Waals surface area contributed by atoms with Crippen LogP contribution in [0.15, 0.2) is 77.7 Å². The van der Waals surface area contributed by atoms with Gasteiger partial charge in [0.2, 0.25) is 0 Å². The van der Waals surface area contributed by atoms with Gasteiger partial charge in [-0.15, -0.1) is 0 Å². The molecular formula is C24H26N2O6S. The first kappa shape index (κ1) is 23.9. The summed E-state index contributed by atoms with van der Waals surface area (Å²) in [5, 5.41) is 2.76. The van der Waals surface area contributed by atoms with Gasteiger partial charge in [0.05, 0.1) is 18.6 Å². The first-order valence-corrected chi connectivity index (χ1v) is 11.8. The van der Waals surface area contributed by atoms with Gasteiger partial charge < -0.3 is 19.5 Å². The second-order valence-electron chi connectivity index (χ2n) is 6.95. The van der Waals surface area contributed by atoms with E-state index < -0.39 is 10.0 Å². The predicted octanol–water partition coefficient (Wildman–Crippen LogP) is 3.59. The molecule has 0 spiro atoms. The molecule has 0 atom stereocenters. The van der Waals surface area contributed by atoms with Gasteiger partial charge in [0.25, 0.3) is 15.9 Å². The summed E-state index contributed by atoms with van der Waals surface area (Å²) in [6.45, 7) is 2.58. The van der Waals surface area contributed by atoms with Crippen molar-refractivity contribution in [3.05, 3.63) is 78.4 Å². The van der Waals surface area contributed by atoms with Gasteiger partial charge in [-0.2, -0.15) is 0 Å². The SMILES string of the molecule is CCOc1ccc(NS(=O)(=O)c2ccc(OCC(=O)NCc3ccc(OC)cc3)cc2)cc1. The van der Waals surface area contributed by atoms with Gasteiger partial charge in [-0.25, -0.2) is 8.42 Å². The molecule has 0 heterocycles. The lowest BCUT2D eigenvalue weighted by molar-refractivity contribution is -0.123. The van der Waals surface area contributed by atoms with Crippen molar-refractivity contribution in [3.63, 3.8) is 0 Å². The molecule has 3 aromatic carbocycles. The van der Waals surface area contributed by atoms with Crippen molar-refractivity contribution in [1.82, 2.24) is 5.32 Å². The molecule has 0 aliphatic rings. The van der Waals surface area contributed by atoms with Crippen molar-refractivity contribution in [2.45, 2.75) is 18.4 Å². The highest BCUT2D eigenvalue weighted by Gasteiger charge is 2.14. The third kappa shape index (κ3) is 7.15. The highest BCUT2D eigenvalue weighted by atomic mass is 32.2. The molecule has 1 amide bonds. The Morgan fingerprint density at radius 3 is 2.00 bits per heavy atom. The van der Waals surface area contributed by atoms with E-state index in [-0.39, 0.29) is 17.4 Å². The third-order valence-electron chi connectivity index (χ3n) is 4.57. The molecule has 8 nitrogen and oxygen atoms in total. The first-order valence-electron chi connectivity index (χ1n) is 10.3. The number of methoxy groups -OCH3 is 1. The number of carbonyl (C=O) groups excluding carboxylic acids is 1. The highest BCUT2D eigenvalue weighted by Crippen LogP contribution is 2.21. The number of carbonyl (C=O) groups is 1. The Balaban J connectivity index is 1.49. The van der Waals surface area contributed by atoms with Crippen LogP contribution in [0.3, 0.4) is 0 Å². The minimum Gasteiger partial charge on any atom is -0.497 e. The fourth-order valence-electron chi connectivity index (χ4n) is 2.86. The second-order valence-corrected chi connectivity index (χ2v) is 8.63. The number of ether oxygens (including phenoxy) is 3. The van der Waals surface area contributed by atoms with Crippen LogP contribution in [0.4, 0.5) is 5.69 Å². The quantitative estimate of drug-likeness (QED) is 0.444. The zero-order chi connectivity index (χ0) is 23.7. The fourth-order valence-corrected chi connectivity index (χ4v) is 3.92. The zero-order valence-electron chi connectivity index (χ0n) is 18.4. The molecule has 0 bridgehead atoms. The van der Waals surface area contributed by atoms with Crippen LogP contribution in [0.25, 0.3) is 0 Å². The number of sulfonamides is 1. The lowest BCUT2D eigenvalue weighted by Crippen LogP contribution is -2.28. The lowest BCUT2D eigenvalue weighted by atomic mass is 10.2. The molecular weight excluding hydrogens is 444 g/mol. The Hall–Kier alpha value is -3.72. The maximum absolute atomic E-state index is 12.6. The molecule has 3 aromatic rings. The number of amides is 1. The van der Waals surface area contributed by atoms with Crippen molar-refractivity contribution >= 4 is 21.6 Å². The van der Waals surface area contributed by atoms with Gasteiger partial charge in [0.1, 0.15) is 17.2 Å². The summed E-state index contributed by atoms with van der Waals surface area (Å²) in [6, 6.07) is 19.8. The monoisotopic (exact) mass is 470 g/mol. The highest BCUT2D eigenvalue weighted by molar-refractivity contribution is 7.92. The number of anilines is 1. The molecule has 2 N–H and O–H groups in total. The molecule has 0 aromatic heterocycles. The minimum absolute atomic E-state index is 0.0766. The van der Waals surface area contributed by atoms with Gasteiger partial charge in [-0.1, -0.05) is 12.1 Å². The van der Waals surface area contributed by atoms with E-state index in [1.54, 1.807) is 31.4 Å². The summed E-state index contributed by atoms with van der Waals surface area (Å²) in [7, 11) is -2.17. The first-order chi connectivity index (χ1) is 15.9. The normalized spacial score (nSPS) is 10.8. The number of nitrogens with one attached hydrogen (secondary N) is 2. The van der Waals surface area contributed by atoms with E-state index in [4.69, 9.17) is 14.2 Å². The van der Waals surface area contributed by atoms with E-state index in [1.165, 1.54) is 24.3 Å². The van der Waals surface area contributed by atoms with Crippen LogP contribution in [-0.2, 0) is 21.4 Å². The van der Waals surface area contributed by atoms with Crippen LogP contribution in [0.5, 0.6) is 17.2 Å². The number of hydrogen-bond acceptors (Lipinski definition) is 6. The Bertz CT molecular complexity index is 1150. The maximum atomic E-state index is 12.6. The standard InChI is InChI=1S/C24H26N2O6S/c1-3-31-21-10-6-19(7-11-21)26-33(28,29)23-14-12-22(13-15-23)32-17-24(27)25-16-18-4-8-20(30-2)9-5-18/h4-15,26H,3,16-17H2,1-2H3,(H,25,27). The van der Waals surface area contributed by atoms with Gasteiger partial charge in [-0.05, 0) is 73.2 Å². The predicted molar refractivity (Wildman–Crippen MR) is 125 cm³/mol. The summed E-state index contributed by atoms with van der Waals surface area (Å²) < 4.78 is 43.6. The molecule has 0 aliphatic heterocycles. The summed E-state index contributed by atoms with van der Waals surface area (Å²) in [6.07, 6.45) is 0. The summed E-state index contributed by atoms with van der Waals surface area (Å²) >= 11 is 0. The van der Waals surface area contributed by atoms with Crippen LogP contribution in [-0.4, -0.2) is 34.6 Å². The smallest absolute Gasteiger partial charge is 0.261 e. The Labute approximate surface area is 193 Å². The van der Waals surface area contributed by atoms with Crippen molar-refractivity contribution in [3.8, 4) is 17.2 Å². The average molecular weight is 471 g/mol. The zero-order valence-corrected chi connectivity index (χ0v) is 19.2. The molecule has 0 saturated carbocycles. The van der Waals surface area contributed by atoms with Crippen LogP contribution in [0, 0.1) is 0 Å². The van der Waals surface area contributed by atoms with E-state index in [0.29, 0.717) is 30.3 Å². The topological polar surface area (TPSA) is 103 Å². The molecule has 9 heteroatoms. The third-order valence-corrected chi connectivity index (χ3v) is 5.97. The Morgan fingerprint density at radius 2 is 1.39 bits per heavy atom. The van der Waals surface area contributed by atoms with Crippen molar-refractivity contribution in [2.24, 2.45) is 0 Å². The van der Waals surface area contributed by atoms with E-state index in [0.717, 1.165) is 11.3 Å². The summed E-state index contributed by atoms with van der Waals surface area (Å²) in [4.78, 5) is 12.1. The average Bonchev–Trinajstić information content (AvgIpc) is 2.83. The van der Waals surface area contributed by atoms with E-state index in [1.807, 2.05) is 31.2 Å². The van der Waals surface area contributed by atoms with Crippen LogP contribution in [0.1, 0.15) is 12.5 Å². The van der Waals surface area contributed by atoms with Gasteiger partial charge in [-0.3, -0.25) is 9.52 Å². The molecule has 0 radical (unpaired) electrons. The summed E-state index contributed by atoms with van der Waals surface area (Å²) in [5.74, 6) is 1.50. The minimum atomic E-state index is -3.77. The Morgan fingerprint density at radius 1 is 0.818 bits per heavy atom. The molecule has 3 rings (SSSR count). The van der Waals surface area contributed by atoms with Crippen LogP contribution in [0.2, 0.25) is 0 Å².